The van der Waals surface area contributed by atoms with Crippen molar-refractivity contribution in [3.63, 3.8) is 0 Å². The lowest BCUT2D eigenvalue weighted by Crippen LogP contribution is -2.48. The van der Waals surface area contributed by atoms with Crippen LogP contribution in [0.25, 0.3) is 11.1 Å². The molecular weight excluding hydrogens is 587 g/mol. The second kappa shape index (κ2) is 11.6. The number of aromatic nitrogens is 3. The summed E-state index contributed by atoms with van der Waals surface area (Å²) in [7, 11) is -4.42. The van der Waals surface area contributed by atoms with E-state index in [2.05, 4.69) is 25.0 Å². The van der Waals surface area contributed by atoms with Gasteiger partial charge in [0.25, 0.3) is 0 Å². The van der Waals surface area contributed by atoms with Crippen molar-refractivity contribution in [1.82, 2.24) is 24.6 Å². The van der Waals surface area contributed by atoms with Crippen LogP contribution in [-0.4, -0.2) is 58.4 Å². The Balaban J connectivity index is 1.57. The number of hydrogen-bond donors (Lipinski definition) is 1. The van der Waals surface area contributed by atoms with E-state index in [4.69, 9.17) is 0 Å². The molecule has 3 unspecified atom stereocenters. The second-order valence-corrected chi connectivity index (χ2v) is 10.7. The molecule has 1 aliphatic heterocycles. The molecule has 1 saturated heterocycles. The summed E-state index contributed by atoms with van der Waals surface area (Å²) in [4.78, 5) is 23.0. The number of nitrogens with zero attached hydrogens (tertiary/aromatic N) is 4. The maximum Gasteiger partial charge on any atom is 0.451 e. The number of benzene rings is 1. The van der Waals surface area contributed by atoms with Gasteiger partial charge in [0.15, 0.2) is 5.75 Å². The lowest BCUT2D eigenvalue weighted by Gasteiger charge is -2.26. The highest BCUT2D eigenvalue weighted by Crippen LogP contribution is 2.34. The fraction of sp³-hybridized carbons (Fsp3) is 0.333. The zero-order chi connectivity index (χ0) is 30.1. The fourth-order valence-electron chi connectivity index (χ4n) is 4.20. The van der Waals surface area contributed by atoms with Crippen LogP contribution in [0.3, 0.4) is 0 Å². The maximum absolute atomic E-state index is 14.6. The minimum Gasteiger partial charge on any atom is -0.433 e. The topological polar surface area (TPSA) is 114 Å². The molecule has 41 heavy (non-hydrogen) atoms. The molecule has 2 aromatic heterocycles. The quantitative estimate of drug-likeness (QED) is 0.384. The number of ether oxygens (including phenoxy) is 1. The van der Waals surface area contributed by atoms with Crippen molar-refractivity contribution in [3.8, 4) is 16.9 Å². The van der Waals surface area contributed by atoms with Crippen LogP contribution in [0.4, 0.5) is 30.7 Å². The lowest BCUT2D eigenvalue weighted by atomic mass is 10.1. The van der Waals surface area contributed by atoms with Gasteiger partial charge in [0, 0.05) is 29.9 Å². The summed E-state index contributed by atoms with van der Waals surface area (Å²) in [5.41, 5.74) is -0.298. The largest absolute Gasteiger partial charge is 0.451 e. The van der Waals surface area contributed by atoms with Gasteiger partial charge in [0.2, 0.25) is 21.8 Å². The lowest BCUT2D eigenvalue weighted by molar-refractivity contribution is -0.145. The Morgan fingerprint density at radius 2 is 1.76 bits per heavy atom. The van der Waals surface area contributed by atoms with Gasteiger partial charge in [-0.3, -0.25) is 9.78 Å². The van der Waals surface area contributed by atoms with Gasteiger partial charge in [0.05, 0.1) is 29.4 Å². The third-order valence-corrected chi connectivity index (χ3v) is 8.18. The van der Waals surface area contributed by atoms with Crippen molar-refractivity contribution in [2.75, 3.05) is 0 Å². The molecule has 0 aliphatic carbocycles. The summed E-state index contributed by atoms with van der Waals surface area (Å²) < 4.78 is 124. The van der Waals surface area contributed by atoms with Crippen LogP contribution in [0.1, 0.15) is 24.9 Å². The van der Waals surface area contributed by atoms with E-state index in [9.17, 15) is 43.9 Å². The molecular formula is C24H20F7N5O4S. The minimum absolute atomic E-state index is 0.00523. The summed E-state index contributed by atoms with van der Waals surface area (Å²) >= 11 is 0. The van der Waals surface area contributed by atoms with Crippen LogP contribution in [0.5, 0.6) is 5.75 Å². The normalized spacial score (nSPS) is 19.9. The van der Waals surface area contributed by atoms with Gasteiger partial charge < -0.3 is 10.1 Å². The molecule has 9 nitrogen and oxygen atoms in total. The molecule has 3 aromatic rings. The number of alkyl halides is 6. The van der Waals surface area contributed by atoms with Crippen molar-refractivity contribution in [3.05, 3.63) is 66.3 Å². The molecule has 1 aromatic carbocycles. The predicted molar refractivity (Wildman–Crippen MR) is 127 cm³/mol. The molecule has 1 aliphatic rings. The maximum atomic E-state index is 14.6. The minimum atomic E-state index is -4.84. The number of pyridine rings is 1. The number of rotatable bonds is 8. The van der Waals surface area contributed by atoms with Crippen LogP contribution in [0, 0.1) is 5.82 Å². The summed E-state index contributed by atoms with van der Waals surface area (Å²) in [5.74, 6) is -3.58. The summed E-state index contributed by atoms with van der Waals surface area (Å²) in [6, 6.07) is 2.19. The molecule has 0 radical (unpaired) electrons. The van der Waals surface area contributed by atoms with E-state index < -0.39 is 77.3 Å². The zero-order valence-corrected chi connectivity index (χ0v) is 21.6. The van der Waals surface area contributed by atoms with E-state index in [1.54, 1.807) is 0 Å². The van der Waals surface area contributed by atoms with Gasteiger partial charge in [-0.25, -0.2) is 27.2 Å². The van der Waals surface area contributed by atoms with Crippen LogP contribution in [0.15, 0.2) is 53.8 Å². The molecule has 0 saturated carbocycles. The first-order valence-corrected chi connectivity index (χ1v) is 13.2. The number of sulfonamides is 1. The summed E-state index contributed by atoms with van der Waals surface area (Å²) in [5, 5.41) is 2.41. The van der Waals surface area contributed by atoms with Gasteiger partial charge in [-0.15, -0.1) is 0 Å². The standard InChI is InChI=1S/C24H20F7N5O4S/c1-12-18(26)7-19(36(12)41(38,39)16-4-2-14(25)3-5-16)21(37)33-10-15-6-17(20(11-32-15)40-23(27)28)13-8-34-22(35-9-13)24(29,30)31/h2-6,8-9,11-12,18-19,23H,7,10H2,1H3,(H,33,37). The molecule has 1 N–H and O–H groups in total. The third kappa shape index (κ3) is 6.56. The number of amides is 1. The van der Waals surface area contributed by atoms with Gasteiger partial charge >= 0.3 is 12.8 Å². The number of nitrogens with one attached hydrogen (secondary N) is 1. The number of carbonyl (C=O) groups excluding carboxylic acids is 1. The Morgan fingerprint density at radius 1 is 1.12 bits per heavy atom. The Morgan fingerprint density at radius 3 is 2.34 bits per heavy atom. The summed E-state index contributed by atoms with van der Waals surface area (Å²) in [6.45, 7) is -2.43. The molecule has 3 atom stereocenters. The second-order valence-electron chi connectivity index (χ2n) is 8.86. The monoisotopic (exact) mass is 607 g/mol. The highest BCUT2D eigenvalue weighted by Gasteiger charge is 2.49. The molecule has 1 fully saturated rings. The molecule has 3 heterocycles. The Hall–Kier alpha value is -3.86. The zero-order valence-electron chi connectivity index (χ0n) is 20.8. The Labute approximate surface area is 228 Å². The van der Waals surface area contributed by atoms with E-state index >= 15 is 0 Å². The first kappa shape index (κ1) is 30.1. The van der Waals surface area contributed by atoms with Gasteiger partial charge in [-0.1, -0.05) is 0 Å². The van der Waals surface area contributed by atoms with E-state index in [-0.39, 0.29) is 21.7 Å². The molecule has 4 rings (SSSR count). The van der Waals surface area contributed by atoms with Crippen LogP contribution in [-0.2, 0) is 27.5 Å². The molecule has 1 amide bonds. The average molecular weight is 608 g/mol. The highest BCUT2D eigenvalue weighted by molar-refractivity contribution is 7.89. The van der Waals surface area contributed by atoms with Gasteiger partial charge in [-0.2, -0.15) is 26.3 Å². The fourth-order valence-corrected chi connectivity index (χ4v) is 6.01. The summed E-state index contributed by atoms with van der Waals surface area (Å²) in [6.07, 6.45) is -4.69. The first-order valence-electron chi connectivity index (χ1n) is 11.7. The Kier molecular flexibility index (Phi) is 8.49. The SMILES string of the molecule is CC1C(F)CC(C(=O)NCc2cc(-c3cnc(C(F)(F)F)nc3)c(OC(F)F)cn2)N1S(=O)(=O)c1ccc(F)cc1. The number of halogens is 7. The van der Waals surface area contributed by atoms with Crippen LogP contribution in [0.2, 0.25) is 0 Å². The molecule has 220 valence electrons. The average Bonchev–Trinajstić information content (AvgIpc) is 3.22. The van der Waals surface area contributed by atoms with Crippen LogP contribution < -0.4 is 10.1 Å². The van der Waals surface area contributed by atoms with E-state index in [1.165, 1.54) is 6.92 Å². The van der Waals surface area contributed by atoms with E-state index in [0.29, 0.717) is 4.31 Å². The first-order chi connectivity index (χ1) is 19.2. The van der Waals surface area contributed by atoms with Crippen molar-refractivity contribution in [2.45, 2.75) is 55.8 Å². The van der Waals surface area contributed by atoms with Crippen LogP contribution >= 0.6 is 0 Å². The number of carbonyl (C=O) groups is 1. The molecule has 0 bridgehead atoms. The van der Waals surface area contributed by atoms with Crippen molar-refractivity contribution in [1.29, 1.82) is 0 Å². The smallest absolute Gasteiger partial charge is 0.433 e. The van der Waals surface area contributed by atoms with E-state index in [1.807, 2.05) is 0 Å². The number of hydrogen-bond acceptors (Lipinski definition) is 7. The molecule has 17 heteroatoms. The Bertz CT molecular complexity index is 1510. The van der Waals surface area contributed by atoms with Crippen molar-refractivity contribution >= 4 is 15.9 Å². The van der Waals surface area contributed by atoms with Gasteiger partial charge in [0.1, 0.15) is 18.0 Å². The van der Waals surface area contributed by atoms with Gasteiger partial charge in [-0.05, 0) is 37.3 Å². The van der Waals surface area contributed by atoms with Crippen molar-refractivity contribution < 1.29 is 48.7 Å². The molecule has 0 spiro atoms. The van der Waals surface area contributed by atoms with E-state index in [0.717, 1.165) is 48.9 Å². The van der Waals surface area contributed by atoms with Crippen molar-refractivity contribution in [2.24, 2.45) is 0 Å². The third-order valence-electron chi connectivity index (χ3n) is 6.17. The highest BCUT2D eigenvalue weighted by atomic mass is 32.2. The predicted octanol–water partition coefficient (Wildman–Crippen LogP) is 4.10.